The predicted octanol–water partition coefficient (Wildman–Crippen LogP) is 1.56. The van der Waals surface area contributed by atoms with Crippen molar-refractivity contribution in [1.29, 1.82) is 0 Å². The molecule has 0 radical (unpaired) electrons. The van der Waals surface area contributed by atoms with Crippen LogP contribution in [0.4, 0.5) is 5.00 Å². The Morgan fingerprint density at radius 3 is 2.65 bits per heavy atom. The van der Waals surface area contributed by atoms with Crippen LogP contribution in [0.5, 0.6) is 0 Å². The molecule has 5 nitrogen and oxygen atoms in total. The minimum Gasteiger partial charge on any atom is -0.389 e. The van der Waals surface area contributed by atoms with Crippen molar-refractivity contribution in [1.82, 2.24) is 14.5 Å². The zero-order valence-corrected chi connectivity index (χ0v) is 11.8. The topological polar surface area (TPSA) is 61.3 Å². The van der Waals surface area contributed by atoms with Crippen LogP contribution < -0.4 is 5.32 Å². The van der Waals surface area contributed by atoms with Crippen molar-refractivity contribution < 1.29 is 5.11 Å². The smallest absolute Gasteiger partial charge is 0.134 e. The van der Waals surface area contributed by atoms with E-state index in [4.69, 9.17) is 0 Å². The normalized spacial score (nSPS) is 12.1. The van der Waals surface area contributed by atoms with E-state index in [1.165, 1.54) is 11.5 Å². The summed E-state index contributed by atoms with van der Waals surface area (Å²) >= 11 is 1.38. The third-order valence-corrected chi connectivity index (χ3v) is 3.05. The summed E-state index contributed by atoms with van der Waals surface area (Å²) < 4.78 is 3.96. The van der Waals surface area contributed by atoms with Crippen molar-refractivity contribution >= 4 is 16.5 Å². The molecule has 0 amide bonds. The number of aromatic nitrogens is 2. The Hall–Kier alpha value is -0.720. The van der Waals surface area contributed by atoms with Crippen LogP contribution in [-0.4, -0.2) is 44.8 Å². The van der Waals surface area contributed by atoms with Crippen LogP contribution in [0.1, 0.15) is 33.4 Å². The molecular weight excluding hydrogens is 236 g/mol. The third kappa shape index (κ3) is 4.97. The lowest BCUT2D eigenvalue weighted by Crippen LogP contribution is -2.38. The molecule has 1 heterocycles. The molecule has 17 heavy (non-hydrogen) atoms. The molecule has 0 saturated heterocycles. The number of hydrogen-bond donors (Lipinski definition) is 2. The molecular formula is C11H22N4OS. The van der Waals surface area contributed by atoms with E-state index in [0.29, 0.717) is 6.54 Å². The van der Waals surface area contributed by atoms with E-state index in [-0.39, 0.29) is 0 Å². The van der Waals surface area contributed by atoms with E-state index >= 15 is 0 Å². The second kappa shape index (κ2) is 6.28. The number of nitrogens with zero attached hydrogens (tertiary/aromatic N) is 3. The molecule has 1 aromatic heterocycles. The van der Waals surface area contributed by atoms with E-state index < -0.39 is 5.60 Å². The molecule has 1 aromatic rings. The van der Waals surface area contributed by atoms with Crippen LogP contribution in [0.3, 0.4) is 0 Å². The summed E-state index contributed by atoms with van der Waals surface area (Å²) in [5.41, 5.74) is 0.278. The summed E-state index contributed by atoms with van der Waals surface area (Å²) in [7, 11) is 0. The second-order valence-corrected chi connectivity index (χ2v) is 5.45. The van der Waals surface area contributed by atoms with Gasteiger partial charge in [0, 0.05) is 31.2 Å². The maximum atomic E-state index is 9.83. The van der Waals surface area contributed by atoms with Crippen molar-refractivity contribution in [3.05, 3.63) is 5.69 Å². The summed E-state index contributed by atoms with van der Waals surface area (Å²) in [6.45, 7) is 10.9. The summed E-state index contributed by atoms with van der Waals surface area (Å²) in [6, 6.07) is 0. The highest BCUT2D eigenvalue weighted by Crippen LogP contribution is 2.19. The predicted molar refractivity (Wildman–Crippen MR) is 71.3 cm³/mol. The van der Waals surface area contributed by atoms with Crippen LogP contribution in [0.15, 0.2) is 0 Å². The van der Waals surface area contributed by atoms with Crippen LogP contribution in [0.2, 0.25) is 0 Å². The molecule has 0 saturated carbocycles. The molecule has 0 bridgehead atoms. The van der Waals surface area contributed by atoms with Gasteiger partial charge in [-0.15, -0.1) is 5.10 Å². The molecule has 0 aromatic carbocycles. The first kappa shape index (κ1) is 14.3. The van der Waals surface area contributed by atoms with Gasteiger partial charge in [-0.3, -0.25) is 4.90 Å². The Labute approximate surface area is 107 Å². The summed E-state index contributed by atoms with van der Waals surface area (Å²) in [6.07, 6.45) is 0. The number of anilines is 1. The Morgan fingerprint density at radius 1 is 1.41 bits per heavy atom. The van der Waals surface area contributed by atoms with Gasteiger partial charge in [-0.1, -0.05) is 11.4 Å². The van der Waals surface area contributed by atoms with Gasteiger partial charge in [-0.2, -0.15) is 0 Å². The first-order chi connectivity index (χ1) is 7.96. The molecule has 0 aliphatic heterocycles. The monoisotopic (exact) mass is 258 g/mol. The Morgan fingerprint density at radius 2 is 2.12 bits per heavy atom. The quantitative estimate of drug-likeness (QED) is 0.777. The average molecular weight is 258 g/mol. The van der Waals surface area contributed by atoms with Crippen molar-refractivity contribution in [2.75, 3.05) is 25.0 Å². The first-order valence-electron chi connectivity index (χ1n) is 5.96. The molecule has 0 spiro atoms. The van der Waals surface area contributed by atoms with Crippen molar-refractivity contribution in [2.24, 2.45) is 0 Å². The van der Waals surface area contributed by atoms with E-state index in [9.17, 15) is 5.11 Å². The molecule has 98 valence electrons. The molecule has 0 aliphatic carbocycles. The number of aliphatic hydroxyl groups is 1. The van der Waals surface area contributed by atoms with Gasteiger partial charge < -0.3 is 10.4 Å². The second-order valence-electron chi connectivity index (χ2n) is 4.69. The largest absolute Gasteiger partial charge is 0.389 e. The van der Waals surface area contributed by atoms with E-state index in [1.807, 2.05) is 13.8 Å². The number of likely N-dealkylation sites (N-methyl/N-ethyl adjacent to an activating group) is 1. The standard InChI is InChI=1S/C11H22N4OS/c1-5-12-10-9(13-14-17-10)7-15(6-2)8-11(3,4)16/h12,16H,5-8H2,1-4H3. The van der Waals surface area contributed by atoms with Crippen molar-refractivity contribution in [3.8, 4) is 0 Å². The average Bonchev–Trinajstić information content (AvgIpc) is 2.63. The first-order valence-corrected chi connectivity index (χ1v) is 6.73. The van der Waals surface area contributed by atoms with Crippen molar-refractivity contribution in [3.63, 3.8) is 0 Å². The molecule has 0 unspecified atom stereocenters. The Kier molecular flexibility index (Phi) is 5.30. The van der Waals surface area contributed by atoms with Gasteiger partial charge in [0.1, 0.15) is 10.7 Å². The molecule has 0 fully saturated rings. The summed E-state index contributed by atoms with van der Waals surface area (Å²) in [5.74, 6) is 0. The summed E-state index contributed by atoms with van der Waals surface area (Å²) in [5, 5.41) is 18.2. The van der Waals surface area contributed by atoms with Gasteiger partial charge in [0.2, 0.25) is 0 Å². The fourth-order valence-corrected chi connectivity index (χ4v) is 2.29. The fourth-order valence-electron chi connectivity index (χ4n) is 1.65. The van der Waals surface area contributed by atoms with Gasteiger partial charge in [0.15, 0.2) is 0 Å². The molecule has 6 heteroatoms. The van der Waals surface area contributed by atoms with Gasteiger partial charge in [0.05, 0.1) is 5.60 Å². The molecule has 0 atom stereocenters. The van der Waals surface area contributed by atoms with Crippen molar-refractivity contribution in [2.45, 2.75) is 39.8 Å². The maximum Gasteiger partial charge on any atom is 0.134 e. The molecule has 0 aliphatic rings. The van der Waals surface area contributed by atoms with Gasteiger partial charge in [-0.05, 0) is 27.3 Å². The van der Waals surface area contributed by atoms with E-state index in [2.05, 4.69) is 33.7 Å². The fraction of sp³-hybridized carbons (Fsp3) is 0.818. The van der Waals surface area contributed by atoms with Gasteiger partial charge in [0.25, 0.3) is 0 Å². The van der Waals surface area contributed by atoms with E-state index in [0.717, 1.165) is 30.3 Å². The lowest BCUT2D eigenvalue weighted by molar-refractivity contribution is 0.0350. The molecule has 2 N–H and O–H groups in total. The van der Waals surface area contributed by atoms with Crippen LogP contribution >= 0.6 is 11.5 Å². The molecule has 1 rings (SSSR count). The van der Waals surface area contributed by atoms with Crippen LogP contribution in [-0.2, 0) is 6.54 Å². The SMILES string of the molecule is CCNc1snnc1CN(CC)CC(C)(C)O. The summed E-state index contributed by atoms with van der Waals surface area (Å²) in [4.78, 5) is 2.16. The maximum absolute atomic E-state index is 9.83. The lowest BCUT2D eigenvalue weighted by atomic mass is 10.1. The van der Waals surface area contributed by atoms with Crippen LogP contribution in [0.25, 0.3) is 0 Å². The number of nitrogens with one attached hydrogen (secondary N) is 1. The zero-order valence-electron chi connectivity index (χ0n) is 11.0. The van der Waals surface area contributed by atoms with Gasteiger partial charge in [-0.25, -0.2) is 0 Å². The minimum absolute atomic E-state index is 0.632. The number of hydrogen-bond acceptors (Lipinski definition) is 6. The Balaban J connectivity index is 2.63. The lowest BCUT2D eigenvalue weighted by Gasteiger charge is -2.27. The minimum atomic E-state index is -0.683. The van der Waals surface area contributed by atoms with Crippen LogP contribution in [0, 0.1) is 0 Å². The highest BCUT2D eigenvalue weighted by molar-refractivity contribution is 7.10. The van der Waals surface area contributed by atoms with Gasteiger partial charge >= 0.3 is 0 Å². The Bertz CT molecular complexity index is 334. The van der Waals surface area contributed by atoms with E-state index in [1.54, 1.807) is 0 Å². The number of rotatable bonds is 7. The third-order valence-electron chi connectivity index (χ3n) is 2.32. The highest BCUT2D eigenvalue weighted by atomic mass is 32.1. The zero-order chi connectivity index (χ0) is 12.9. The highest BCUT2D eigenvalue weighted by Gasteiger charge is 2.19.